The van der Waals surface area contributed by atoms with Crippen molar-refractivity contribution in [2.24, 2.45) is 12.8 Å². The van der Waals surface area contributed by atoms with Gasteiger partial charge in [0.1, 0.15) is 0 Å². The Balaban J connectivity index is 2.15. The summed E-state index contributed by atoms with van der Waals surface area (Å²) in [5, 5.41) is 5.85. The molecule has 1 aromatic heterocycles. The van der Waals surface area contributed by atoms with E-state index >= 15 is 0 Å². The molecule has 0 saturated heterocycles. The number of nitrogens with two attached hydrogens (primary N) is 1. The van der Waals surface area contributed by atoms with Crippen molar-refractivity contribution in [3.05, 3.63) is 28.9 Å². The van der Waals surface area contributed by atoms with Crippen molar-refractivity contribution < 1.29 is 0 Å². The molecule has 96 valence electrons. The molecule has 0 atom stereocenters. The van der Waals surface area contributed by atoms with Gasteiger partial charge in [-0.1, -0.05) is 30.5 Å². The Labute approximate surface area is 112 Å². The van der Waals surface area contributed by atoms with Crippen molar-refractivity contribution in [1.82, 2.24) is 9.78 Å². The Morgan fingerprint density at radius 3 is 2.78 bits per heavy atom. The predicted molar refractivity (Wildman–Crippen MR) is 74.9 cm³/mol. The zero-order valence-corrected chi connectivity index (χ0v) is 11.4. The second kappa shape index (κ2) is 4.25. The van der Waals surface area contributed by atoms with E-state index in [2.05, 4.69) is 23.3 Å². The van der Waals surface area contributed by atoms with Crippen LogP contribution < -0.4 is 5.73 Å². The van der Waals surface area contributed by atoms with Crippen LogP contribution in [-0.2, 0) is 12.5 Å². The van der Waals surface area contributed by atoms with E-state index < -0.39 is 0 Å². The van der Waals surface area contributed by atoms with Crippen molar-refractivity contribution in [1.29, 1.82) is 0 Å². The Morgan fingerprint density at radius 1 is 1.39 bits per heavy atom. The van der Waals surface area contributed by atoms with Crippen molar-refractivity contribution >= 4 is 22.5 Å². The first kappa shape index (κ1) is 12.0. The van der Waals surface area contributed by atoms with Crippen LogP contribution in [-0.4, -0.2) is 16.3 Å². The SMILES string of the molecule is Cn1nc(Cl)c2ccc(C3(CN)CCCC3)cc21. The highest BCUT2D eigenvalue weighted by atomic mass is 35.5. The van der Waals surface area contributed by atoms with Crippen LogP contribution in [0, 0.1) is 0 Å². The third kappa shape index (κ3) is 1.65. The molecule has 1 aliphatic carbocycles. The summed E-state index contributed by atoms with van der Waals surface area (Å²) in [7, 11) is 1.93. The molecule has 3 rings (SSSR count). The minimum absolute atomic E-state index is 0.172. The van der Waals surface area contributed by atoms with E-state index in [-0.39, 0.29) is 5.41 Å². The van der Waals surface area contributed by atoms with E-state index in [0.717, 1.165) is 17.4 Å². The smallest absolute Gasteiger partial charge is 0.158 e. The van der Waals surface area contributed by atoms with Gasteiger partial charge in [0.2, 0.25) is 0 Å². The lowest BCUT2D eigenvalue weighted by Crippen LogP contribution is -2.31. The van der Waals surface area contributed by atoms with Gasteiger partial charge in [0.15, 0.2) is 5.15 Å². The highest BCUT2D eigenvalue weighted by molar-refractivity contribution is 6.34. The summed E-state index contributed by atoms with van der Waals surface area (Å²) in [6.07, 6.45) is 4.95. The van der Waals surface area contributed by atoms with Crippen molar-refractivity contribution in [2.75, 3.05) is 6.54 Å². The van der Waals surface area contributed by atoms with Gasteiger partial charge in [-0.05, 0) is 30.5 Å². The number of fused-ring (bicyclic) bond motifs is 1. The highest BCUT2D eigenvalue weighted by Gasteiger charge is 2.34. The van der Waals surface area contributed by atoms with E-state index in [4.69, 9.17) is 17.3 Å². The molecule has 0 aliphatic heterocycles. The number of benzene rings is 1. The molecule has 2 aromatic rings. The summed E-state index contributed by atoms with van der Waals surface area (Å²) in [6, 6.07) is 6.47. The van der Waals surface area contributed by atoms with E-state index in [1.807, 2.05) is 11.7 Å². The first-order valence-electron chi connectivity index (χ1n) is 6.49. The van der Waals surface area contributed by atoms with Crippen LogP contribution in [0.3, 0.4) is 0 Å². The summed E-state index contributed by atoms with van der Waals surface area (Å²) in [6.45, 7) is 0.726. The molecule has 1 saturated carbocycles. The molecular formula is C14H18ClN3. The number of rotatable bonds is 2. The summed E-state index contributed by atoms with van der Waals surface area (Å²) in [4.78, 5) is 0. The molecule has 18 heavy (non-hydrogen) atoms. The van der Waals surface area contributed by atoms with Gasteiger partial charge in [-0.3, -0.25) is 4.68 Å². The fourth-order valence-corrected chi connectivity index (χ4v) is 3.48. The first-order chi connectivity index (χ1) is 8.66. The number of aryl methyl sites for hydroxylation is 1. The van der Waals surface area contributed by atoms with E-state index in [1.54, 1.807) is 0 Å². The van der Waals surface area contributed by atoms with Gasteiger partial charge in [0.05, 0.1) is 5.52 Å². The fourth-order valence-electron chi connectivity index (χ4n) is 3.21. The quantitative estimate of drug-likeness (QED) is 0.905. The molecule has 1 aromatic carbocycles. The number of hydrogen-bond donors (Lipinski definition) is 1. The van der Waals surface area contributed by atoms with Crippen LogP contribution in [0.25, 0.3) is 10.9 Å². The highest BCUT2D eigenvalue weighted by Crippen LogP contribution is 2.41. The monoisotopic (exact) mass is 263 g/mol. The Kier molecular flexibility index (Phi) is 2.83. The topological polar surface area (TPSA) is 43.8 Å². The average Bonchev–Trinajstić information content (AvgIpc) is 2.96. The first-order valence-corrected chi connectivity index (χ1v) is 6.87. The summed E-state index contributed by atoms with van der Waals surface area (Å²) >= 11 is 6.10. The molecule has 4 heteroatoms. The molecule has 0 unspecified atom stereocenters. The van der Waals surface area contributed by atoms with E-state index in [9.17, 15) is 0 Å². The van der Waals surface area contributed by atoms with Crippen molar-refractivity contribution in [2.45, 2.75) is 31.1 Å². The molecule has 1 aliphatic rings. The number of halogens is 1. The zero-order valence-electron chi connectivity index (χ0n) is 10.6. The summed E-state index contributed by atoms with van der Waals surface area (Å²) < 4.78 is 1.85. The lowest BCUT2D eigenvalue weighted by molar-refractivity contribution is 0.453. The van der Waals surface area contributed by atoms with Crippen LogP contribution in [0.1, 0.15) is 31.2 Å². The van der Waals surface area contributed by atoms with Gasteiger partial charge >= 0.3 is 0 Å². The zero-order chi connectivity index (χ0) is 12.8. The third-order valence-electron chi connectivity index (χ3n) is 4.37. The molecule has 0 radical (unpaired) electrons. The predicted octanol–water partition coefficient (Wildman–Crippen LogP) is 3.00. The molecule has 0 spiro atoms. The van der Waals surface area contributed by atoms with Gasteiger partial charge in [-0.2, -0.15) is 5.10 Å². The lowest BCUT2D eigenvalue weighted by Gasteiger charge is -2.28. The van der Waals surface area contributed by atoms with Gasteiger partial charge in [-0.15, -0.1) is 0 Å². The summed E-state index contributed by atoms with van der Waals surface area (Å²) in [5.41, 5.74) is 8.65. The van der Waals surface area contributed by atoms with Gasteiger partial charge in [-0.25, -0.2) is 0 Å². The maximum absolute atomic E-state index is 6.10. The standard InChI is InChI=1S/C14H18ClN3/c1-18-12-8-10(4-5-11(12)13(15)17-18)14(9-16)6-2-3-7-14/h4-5,8H,2-3,6-7,9,16H2,1H3. The van der Waals surface area contributed by atoms with E-state index in [0.29, 0.717) is 5.15 Å². The van der Waals surface area contributed by atoms with Crippen LogP contribution in [0.15, 0.2) is 18.2 Å². The fraction of sp³-hybridized carbons (Fsp3) is 0.500. The molecule has 0 amide bonds. The minimum Gasteiger partial charge on any atom is -0.330 e. The molecule has 3 nitrogen and oxygen atoms in total. The Bertz CT molecular complexity index is 582. The third-order valence-corrected chi connectivity index (χ3v) is 4.65. The second-order valence-corrected chi connectivity index (χ2v) is 5.70. The normalized spacial score (nSPS) is 18.6. The molecular weight excluding hydrogens is 246 g/mol. The van der Waals surface area contributed by atoms with Gasteiger partial charge < -0.3 is 5.73 Å². The lowest BCUT2D eigenvalue weighted by atomic mass is 9.79. The Morgan fingerprint density at radius 2 is 2.11 bits per heavy atom. The maximum atomic E-state index is 6.10. The van der Waals surface area contributed by atoms with Crippen LogP contribution in [0.2, 0.25) is 5.15 Å². The van der Waals surface area contributed by atoms with Crippen molar-refractivity contribution in [3.63, 3.8) is 0 Å². The van der Waals surface area contributed by atoms with Crippen LogP contribution in [0.4, 0.5) is 0 Å². The maximum Gasteiger partial charge on any atom is 0.158 e. The van der Waals surface area contributed by atoms with Gasteiger partial charge in [0.25, 0.3) is 0 Å². The molecule has 1 heterocycles. The van der Waals surface area contributed by atoms with Gasteiger partial charge in [0, 0.05) is 24.4 Å². The molecule has 2 N–H and O–H groups in total. The average molecular weight is 264 g/mol. The Hall–Kier alpha value is -1.06. The number of aromatic nitrogens is 2. The minimum atomic E-state index is 0.172. The van der Waals surface area contributed by atoms with Crippen molar-refractivity contribution in [3.8, 4) is 0 Å². The second-order valence-electron chi connectivity index (χ2n) is 5.34. The van der Waals surface area contributed by atoms with Crippen LogP contribution >= 0.6 is 11.6 Å². The number of hydrogen-bond acceptors (Lipinski definition) is 2. The number of nitrogens with zero attached hydrogens (tertiary/aromatic N) is 2. The van der Waals surface area contributed by atoms with E-state index in [1.165, 1.54) is 31.2 Å². The molecule has 1 fully saturated rings. The molecule has 0 bridgehead atoms. The summed E-state index contributed by atoms with van der Waals surface area (Å²) in [5.74, 6) is 0. The largest absolute Gasteiger partial charge is 0.330 e. The van der Waals surface area contributed by atoms with Crippen LogP contribution in [0.5, 0.6) is 0 Å².